The molecule has 4 atom stereocenters. The zero-order chi connectivity index (χ0) is 13.9. The van der Waals surface area contributed by atoms with Crippen molar-refractivity contribution in [2.24, 2.45) is 0 Å². The normalized spacial score (nSPS) is 30.3. The van der Waals surface area contributed by atoms with E-state index in [-0.39, 0.29) is 25.1 Å². The first-order chi connectivity index (χ1) is 9.72. The summed E-state index contributed by atoms with van der Waals surface area (Å²) in [7, 11) is 0. The predicted molar refractivity (Wildman–Crippen MR) is 80.3 cm³/mol. The molecule has 1 amide bonds. The van der Waals surface area contributed by atoms with E-state index in [0.29, 0.717) is 12.5 Å². The van der Waals surface area contributed by atoms with Crippen molar-refractivity contribution in [3.05, 3.63) is 35.9 Å². The summed E-state index contributed by atoms with van der Waals surface area (Å²) in [6, 6.07) is 9.22. The molecule has 2 aliphatic heterocycles. The van der Waals surface area contributed by atoms with E-state index in [1.165, 1.54) is 0 Å². The number of alkyl carbamates (subject to hydrolysis) is 1. The summed E-state index contributed by atoms with van der Waals surface area (Å²) in [5.74, 6) is 0. The second kappa shape index (κ2) is 7.09. The number of carbonyl (C=O) groups excluding carboxylic acids is 1. The average molecular weight is 315 g/mol. The Labute approximate surface area is 129 Å². The Morgan fingerprint density at radius 1 is 1.33 bits per heavy atom. The maximum atomic E-state index is 14.1. The summed E-state index contributed by atoms with van der Waals surface area (Å²) in [5.41, 5.74) is 0.921. The lowest BCUT2D eigenvalue weighted by Gasteiger charge is -2.32. The van der Waals surface area contributed by atoms with Crippen molar-refractivity contribution in [2.45, 2.75) is 50.2 Å². The second-order valence-corrected chi connectivity index (χ2v) is 5.54. The van der Waals surface area contributed by atoms with Gasteiger partial charge in [0.25, 0.3) is 0 Å². The van der Waals surface area contributed by atoms with Gasteiger partial charge in [-0.3, -0.25) is 0 Å². The van der Waals surface area contributed by atoms with Gasteiger partial charge in [0.1, 0.15) is 12.8 Å². The molecule has 0 spiro atoms. The molecule has 6 heteroatoms. The smallest absolute Gasteiger partial charge is 0.407 e. The van der Waals surface area contributed by atoms with Gasteiger partial charge in [0, 0.05) is 12.1 Å². The van der Waals surface area contributed by atoms with Crippen LogP contribution in [0, 0.1) is 0 Å². The molecule has 2 N–H and O–H groups in total. The lowest BCUT2D eigenvalue weighted by Crippen LogP contribution is -2.56. The Hall–Kier alpha value is -1.33. The maximum Gasteiger partial charge on any atom is 0.407 e. The monoisotopic (exact) mass is 314 g/mol. The molecule has 4 nitrogen and oxygen atoms in total. The van der Waals surface area contributed by atoms with Crippen LogP contribution >= 0.6 is 12.4 Å². The van der Waals surface area contributed by atoms with Crippen molar-refractivity contribution < 1.29 is 13.9 Å². The third-order valence-electron chi connectivity index (χ3n) is 4.10. The van der Waals surface area contributed by atoms with Crippen LogP contribution in [0.3, 0.4) is 0 Å². The van der Waals surface area contributed by atoms with Crippen LogP contribution in [-0.2, 0) is 11.3 Å². The molecule has 2 heterocycles. The van der Waals surface area contributed by atoms with Crippen LogP contribution < -0.4 is 10.6 Å². The van der Waals surface area contributed by atoms with Gasteiger partial charge in [-0.25, -0.2) is 9.18 Å². The molecule has 0 radical (unpaired) electrons. The first-order valence-electron chi connectivity index (χ1n) is 7.10. The summed E-state index contributed by atoms with van der Waals surface area (Å²) in [4.78, 5) is 11.7. The molecule has 0 aliphatic carbocycles. The van der Waals surface area contributed by atoms with Crippen LogP contribution in [0.2, 0.25) is 0 Å². The Balaban J connectivity index is 0.00000161. The lowest BCUT2D eigenvalue weighted by atomic mass is 9.98. The molecule has 2 saturated heterocycles. The fourth-order valence-corrected chi connectivity index (χ4v) is 3.06. The largest absolute Gasteiger partial charge is 0.445 e. The third kappa shape index (κ3) is 3.86. The van der Waals surface area contributed by atoms with E-state index in [0.717, 1.165) is 18.4 Å². The van der Waals surface area contributed by atoms with Crippen molar-refractivity contribution in [1.29, 1.82) is 0 Å². The summed E-state index contributed by atoms with van der Waals surface area (Å²) < 4.78 is 19.3. The highest BCUT2D eigenvalue weighted by atomic mass is 35.5. The number of fused-ring (bicyclic) bond motifs is 2. The quantitative estimate of drug-likeness (QED) is 0.901. The number of halogens is 2. The molecular formula is C15H20ClFN2O2. The van der Waals surface area contributed by atoms with Gasteiger partial charge in [0.15, 0.2) is 0 Å². The van der Waals surface area contributed by atoms with E-state index in [2.05, 4.69) is 10.6 Å². The zero-order valence-corrected chi connectivity index (χ0v) is 12.4. The molecule has 21 heavy (non-hydrogen) atoms. The fourth-order valence-electron chi connectivity index (χ4n) is 3.06. The van der Waals surface area contributed by atoms with Crippen molar-refractivity contribution >= 4 is 18.5 Å². The number of hydrogen-bond donors (Lipinski definition) is 2. The van der Waals surface area contributed by atoms with Crippen LogP contribution in [-0.4, -0.2) is 30.4 Å². The number of ether oxygens (including phenoxy) is 1. The minimum Gasteiger partial charge on any atom is -0.445 e. The van der Waals surface area contributed by atoms with E-state index < -0.39 is 18.3 Å². The number of alkyl halides is 1. The number of rotatable bonds is 3. The van der Waals surface area contributed by atoms with Crippen LogP contribution in [0.1, 0.15) is 24.8 Å². The van der Waals surface area contributed by atoms with Gasteiger partial charge >= 0.3 is 6.09 Å². The maximum absolute atomic E-state index is 14.1. The molecule has 3 rings (SSSR count). The summed E-state index contributed by atoms with van der Waals surface area (Å²) in [6.07, 6.45) is 0.907. The highest BCUT2D eigenvalue weighted by Crippen LogP contribution is 2.29. The second-order valence-electron chi connectivity index (χ2n) is 5.54. The van der Waals surface area contributed by atoms with E-state index in [4.69, 9.17) is 4.74 Å². The van der Waals surface area contributed by atoms with Gasteiger partial charge in [0.2, 0.25) is 0 Å². The van der Waals surface area contributed by atoms with E-state index in [9.17, 15) is 9.18 Å². The van der Waals surface area contributed by atoms with E-state index in [1.54, 1.807) is 0 Å². The van der Waals surface area contributed by atoms with Gasteiger partial charge in [-0.2, -0.15) is 0 Å². The van der Waals surface area contributed by atoms with Crippen molar-refractivity contribution in [2.75, 3.05) is 0 Å². The molecule has 2 aliphatic rings. The lowest BCUT2D eigenvalue weighted by molar-refractivity contribution is 0.111. The molecule has 0 unspecified atom stereocenters. The van der Waals surface area contributed by atoms with Crippen LogP contribution in [0.4, 0.5) is 9.18 Å². The van der Waals surface area contributed by atoms with E-state index in [1.807, 2.05) is 30.3 Å². The predicted octanol–water partition coefficient (Wildman–Crippen LogP) is 2.57. The van der Waals surface area contributed by atoms with Gasteiger partial charge < -0.3 is 15.4 Å². The standard InChI is InChI=1S/C15H19FN2O2.ClH/c16-14-12-7-6-11(17-12)8-13(14)18-15(19)20-9-10-4-2-1-3-5-10;/h1-5,11-14,17H,6-9H2,(H,18,19);1H/t11-,12+,13-,14+;/m1./s1. The number of benzene rings is 1. The minimum absolute atomic E-state index is 0. The Kier molecular flexibility index (Phi) is 5.42. The number of hydrogen-bond acceptors (Lipinski definition) is 3. The summed E-state index contributed by atoms with van der Waals surface area (Å²) in [5, 5.41) is 5.90. The van der Waals surface area contributed by atoms with Crippen LogP contribution in [0.25, 0.3) is 0 Å². The first kappa shape index (κ1) is 16.0. The molecule has 116 valence electrons. The van der Waals surface area contributed by atoms with Gasteiger partial charge in [0.05, 0.1) is 6.04 Å². The number of amides is 1. The highest BCUT2D eigenvalue weighted by molar-refractivity contribution is 5.85. The minimum atomic E-state index is -1.03. The fraction of sp³-hybridized carbons (Fsp3) is 0.533. The Morgan fingerprint density at radius 2 is 2.10 bits per heavy atom. The molecule has 2 fully saturated rings. The molecule has 2 bridgehead atoms. The third-order valence-corrected chi connectivity index (χ3v) is 4.10. The Bertz CT molecular complexity index is 474. The number of nitrogens with one attached hydrogen (secondary N) is 2. The SMILES string of the molecule is Cl.O=C(N[C@@H]1C[C@H]2CC[C@H](N2)[C@@H]1F)OCc1ccccc1. The molecule has 1 aromatic rings. The molecule has 1 aromatic carbocycles. The number of carbonyl (C=O) groups is 1. The molecule has 0 saturated carbocycles. The van der Waals surface area contributed by atoms with Crippen molar-refractivity contribution in [1.82, 2.24) is 10.6 Å². The highest BCUT2D eigenvalue weighted by Gasteiger charge is 2.42. The van der Waals surface area contributed by atoms with Gasteiger partial charge in [-0.1, -0.05) is 30.3 Å². The summed E-state index contributed by atoms with van der Waals surface area (Å²) >= 11 is 0. The van der Waals surface area contributed by atoms with Crippen LogP contribution in [0.5, 0.6) is 0 Å². The summed E-state index contributed by atoms with van der Waals surface area (Å²) in [6.45, 7) is 0.210. The molecular weight excluding hydrogens is 295 g/mol. The average Bonchev–Trinajstić information content (AvgIpc) is 2.88. The Morgan fingerprint density at radius 3 is 2.86 bits per heavy atom. The molecule has 0 aromatic heterocycles. The van der Waals surface area contributed by atoms with E-state index >= 15 is 0 Å². The number of piperidine rings is 1. The zero-order valence-electron chi connectivity index (χ0n) is 11.6. The van der Waals surface area contributed by atoms with Gasteiger partial charge in [-0.15, -0.1) is 12.4 Å². The van der Waals surface area contributed by atoms with Crippen molar-refractivity contribution in [3.8, 4) is 0 Å². The first-order valence-corrected chi connectivity index (χ1v) is 7.10. The topological polar surface area (TPSA) is 50.4 Å². The van der Waals surface area contributed by atoms with Crippen LogP contribution in [0.15, 0.2) is 30.3 Å². The van der Waals surface area contributed by atoms with Gasteiger partial charge in [-0.05, 0) is 24.8 Å². The van der Waals surface area contributed by atoms with Crippen molar-refractivity contribution in [3.63, 3.8) is 0 Å².